The number of hydrogen-bond donors (Lipinski definition) is 1. The number of pyridine rings is 2. The van der Waals surface area contributed by atoms with Crippen LogP contribution < -0.4 is 10.4 Å². The molecule has 8 heteroatoms. The number of halogens is 2. The summed E-state index contributed by atoms with van der Waals surface area (Å²) in [5, 5.41) is 16.6. The summed E-state index contributed by atoms with van der Waals surface area (Å²) < 4.78 is 32.7. The van der Waals surface area contributed by atoms with E-state index < -0.39 is 14.2 Å². The van der Waals surface area contributed by atoms with E-state index in [1.54, 1.807) is 18.3 Å². The second kappa shape index (κ2) is 12.0. The Labute approximate surface area is 288 Å². The molecule has 0 fully saturated rings. The maximum absolute atomic E-state index is 16.3. The van der Waals surface area contributed by atoms with Crippen LogP contribution in [0, 0.1) is 30.7 Å². The number of aryl methyl sites for hydroxylation is 2. The average Bonchev–Trinajstić information content (AvgIpc) is 2.98. The van der Waals surface area contributed by atoms with E-state index in [0.717, 1.165) is 49.1 Å². The third kappa shape index (κ3) is 6.03. The van der Waals surface area contributed by atoms with E-state index in [4.69, 9.17) is 0 Å². The van der Waals surface area contributed by atoms with Crippen LogP contribution in [0.3, 0.4) is 0 Å². The number of nitrogens with zero attached hydrogens (tertiary/aromatic N) is 2. The molecule has 0 amide bonds. The van der Waals surface area contributed by atoms with Gasteiger partial charge in [-0.05, 0) is 64.2 Å². The van der Waals surface area contributed by atoms with Gasteiger partial charge < -0.3 is 5.11 Å². The van der Waals surface area contributed by atoms with Crippen LogP contribution in [0.2, 0.25) is 0 Å². The van der Waals surface area contributed by atoms with Crippen molar-refractivity contribution < 1.29 is 38.2 Å². The monoisotopic (exact) mass is 824 g/mol. The molecule has 0 saturated carbocycles. The van der Waals surface area contributed by atoms with E-state index in [9.17, 15) is 9.90 Å². The van der Waals surface area contributed by atoms with Crippen molar-refractivity contribution in [2.24, 2.45) is 10.8 Å². The molecule has 3 heterocycles. The van der Waals surface area contributed by atoms with Crippen molar-refractivity contribution in [1.82, 2.24) is 9.97 Å². The van der Waals surface area contributed by atoms with Crippen LogP contribution in [0.15, 0.2) is 78.7 Å². The van der Waals surface area contributed by atoms with Gasteiger partial charge in [0.1, 0.15) is 5.76 Å². The van der Waals surface area contributed by atoms with Crippen molar-refractivity contribution in [3.63, 3.8) is 0 Å². The van der Waals surface area contributed by atoms with Gasteiger partial charge in [-0.1, -0.05) is 82.8 Å². The molecule has 0 atom stereocenters. The molecule has 0 unspecified atom stereocenters. The number of rotatable bonds is 1. The van der Waals surface area contributed by atoms with Gasteiger partial charge in [-0.25, -0.2) is 0 Å². The quantitative estimate of drug-likeness (QED) is 0.0449. The molecule has 47 heavy (non-hydrogen) atoms. The number of allylic oxidation sites excluding steroid dienone is 2. The third-order valence-electron chi connectivity index (χ3n) is 8.65. The van der Waals surface area contributed by atoms with Crippen LogP contribution in [0.1, 0.15) is 52.9 Å². The summed E-state index contributed by atoms with van der Waals surface area (Å²) in [5.41, 5.74) is 2.07. The molecular formula is C39H37F2IrN2O2Si-. The average molecular weight is 824 g/mol. The van der Waals surface area contributed by atoms with Crippen LogP contribution in [0.5, 0.6) is 0 Å². The Morgan fingerprint density at radius 3 is 2.17 bits per heavy atom. The summed E-state index contributed by atoms with van der Waals surface area (Å²) in [5.74, 6) is 0.104. The van der Waals surface area contributed by atoms with Gasteiger partial charge in [-0.15, -0.1) is 23.6 Å². The molecule has 0 spiro atoms. The summed E-state index contributed by atoms with van der Waals surface area (Å²) in [6.45, 7) is 15.0. The predicted octanol–water partition coefficient (Wildman–Crippen LogP) is 9.07. The third-order valence-corrected chi connectivity index (χ3v) is 10.8. The standard InChI is InChI=1S/C28H17F2N2Si.C11H20O2.Ir/c1-15-11-22-19(16(2)32-15)7-8-20-21-9-10-31-28-24-12-17-5-3-4-6-18(17)13-25(24)33(29,30)26(27(21)28)14-23(20)22;1-10(2,3)8(12)7-9(13)11(4,5)6;/h3-11,13-14H,1-2H3;7,12H,1-6H3;/q-1;;/b;8-7-;. The van der Waals surface area contributed by atoms with Crippen LogP contribution in [0.4, 0.5) is 8.22 Å². The van der Waals surface area contributed by atoms with Gasteiger partial charge in [0.15, 0.2) is 5.78 Å². The molecule has 4 nitrogen and oxygen atoms in total. The maximum atomic E-state index is 16.3. The van der Waals surface area contributed by atoms with Crippen molar-refractivity contribution in [1.29, 1.82) is 0 Å². The summed E-state index contributed by atoms with van der Waals surface area (Å²) in [7, 11) is -5.00. The Morgan fingerprint density at radius 1 is 0.830 bits per heavy atom. The zero-order valence-corrected chi connectivity index (χ0v) is 31.2. The normalized spacial score (nSPS) is 14.0. The van der Waals surface area contributed by atoms with Crippen LogP contribution in [0.25, 0.3) is 54.3 Å². The molecule has 1 N–H and O–H groups in total. The molecular weight excluding hydrogens is 787 g/mol. The number of benzene rings is 4. The van der Waals surface area contributed by atoms with Crippen molar-refractivity contribution in [2.75, 3.05) is 0 Å². The van der Waals surface area contributed by atoms with Crippen molar-refractivity contribution in [3.8, 4) is 11.3 Å². The van der Waals surface area contributed by atoms with E-state index in [0.29, 0.717) is 16.6 Å². The second-order valence-corrected chi connectivity index (χ2v) is 16.5. The first kappa shape index (κ1) is 34.5. The molecule has 2 aromatic heterocycles. The van der Waals surface area contributed by atoms with Crippen molar-refractivity contribution in [2.45, 2.75) is 55.4 Å². The fourth-order valence-corrected chi connectivity index (χ4v) is 7.99. The van der Waals surface area contributed by atoms with E-state index >= 15 is 8.22 Å². The largest absolute Gasteiger partial charge is 0.512 e. The molecule has 0 bridgehead atoms. The topological polar surface area (TPSA) is 63.1 Å². The summed E-state index contributed by atoms with van der Waals surface area (Å²) >= 11 is 0. The van der Waals surface area contributed by atoms with Crippen molar-refractivity contribution >= 4 is 68.0 Å². The van der Waals surface area contributed by atoms with Crippen LogP contribution in [-0.4, -0.2) is 29.6 Å². The Morgan fingerprint density at radius 2 is 1.49 bits per heavy atom. The SMILES string of the molecule is CC(C)(C)C(=O)/C=C(\O)C(C)(C)C.Cc1cc2c(ccc3c4ccnc5c4c(cc23)[Si](F)(F)c2cc3ccccc3[c-]c2-5)c(C)n1.[Ir]. The number of fused-ring (bicyclic) bond motifs is 7. The van der Waals surface area contributed by atoms with Crippen molar-refractivity contribution in [3.05, 3.63) is 96.1 Å². The number of aromatic nitrogens is 2. The molecule has 6 aromatic rings. The Hall–Kier alpha value is -3.84. The summed E-state index contributed by atoms with van der Waals surface area (Å²) in [4.78, 5) is 20.7. The molecule has 4 aromatic carbocycles. The Balaban J connectivity index is 0.000000267. The predicted molar refractivity (Wildman–Crippen MR) is 188 cm³/mol. The molecule has 7 rings (SSSR count). The van der Waals surface area contributed by atoms with E-state index in [1.165, 1.54) is 6.08 Å². The van der Waals surface area contributed by atoms with E-state index in [-0.39, 0.29) is 47.4 Å². The van der Waals surface area contributed by atoms with Gasteiger partial charge in [-0.2, -0.15) is 0 Å². The Bertz CT molecular complexity index is 2270. The van der Waals surface area contributed by atoms with Gasteiger partial charge in [0.25, 0.3) is 0 Å². The van der Waals surface area contributed by atoms with Gasteiger partial charge in [0, 0.05) is 70.9 Å². The zero-order chi connectivity index (χ0) is 33.3. The first-order chi connectivity index (χ1) is 21.5. The first-order valence-electron chi connectivity index (χ1n) is 15.4. The minimum Gasteiger partial charge on any atom is -0.512 e. The fraction of sp³-hybridized carbons (Fsp3) is 0.256. The number of ketones is 1. The Kier molecular flexibility index (Phi) is 8.80. The number of carbonyl (C=O) groups is 1. The smallest absolute Gasteiger partial charge is 0.451 e. The summed E-state index contributed by atoms with van der Waals surface area (Å²) in [6.07, 6.45) is 3.06. The van der Waals surface area contributed by atoms with Gasteiger partial charge in [0.2, 0.25) is 0 Å². The van der Waals surface area contributed by atoms with E-state index in [2.05, 4.69) is 16.0 Å². The van der Waals surface area contributed by atoms with Crippen LogP contribution >= 0.6 is 0 Å². The molecule has 0 aliphatic carbocycles. The second-order valence-electron chi connectivity index (χ2n) is 14.2. The minimum absolute atomic E-state index is 0. The van der Waals surface area contributed by atoms with Crippen LogP contribution in [-0.2, 0) is 24.9 Å². The first-order valence-corrected chi connectivity index (χ1v) is 17.2. The molecule has 243 valence electrons. The number of aliphatic hydroxyl groups is 1. The fourth-order valence-electron chi connectivity index (χ4n) is 5.98. The zero-order valence-electron chi connectivity index (χ0n) is 27.8. The van der Waals surface area contributed by atoms with E-state index in [1.807, 2.05) is 104 Å². The molecule has 1 radical (unpaired) electrons. The molecule has 1 aliphatic rings. The minimum atomic E-state index is -5.00. The van der Waals surface area contributed by atoms with Gasteiger partial charge in [-0.3, -0.25) is 23.0 Å². The molecule has 0 saturated heterocycles. The number of aliphatic hydroxyl groups excluding tert-OH is 1. The molecule has 1 aliphatic heterocycles. The number of carbonyl (C=O) groups excluding carboxylic acids is 1. The maximum Gasteiger partial charge on any atom is 0.451 e. The van der Waals surface area contributed by atoms with Gasteiger partial charge >= 0.3 is 8.74 Å². The number of hydrogen-bond acceptors (Lipinski definition) is 4. The van der Waals surface area contributed by atoms with Gasteiger partial charge in [0.05, 0.1) is 0 Å². The summed E-state index contributed by atoms with van der Waals surface area (Å²) in [6, 6.07) is 22.2.